The lowest BCUT2D eigenvalue weighted by atomic mass is 10.2. The average Bonchev–Trinajstić information content (AvgIpc) is 3.05. The number of likely N-dealkylation sites (N-methyl/N-ethyl adjacent to an activating group) is 1. The Balaban J connectivity index is 1.96. The summed E-state index contributed by atoms with van der Waals surface area (Å²) >= 11 is 0. The van der Waals surface area contributed by atoms with Gasteiger partial charge in [0.25, 0.3) is 0 Å². The minimum atomic E-state index is -1.28. The number of para-hydroxylation sites is 1. The van der Waals surface area contributed by atoms with Crippen molar-refractivity contribution in [3.8, 4) is 0 Å². The van der Waals surface area contributed by atoms with Crippen molar-refractivity contribution < 1.29 is 34.2 Å². The number of benzene rings is 1. The fourth-order valence-electron chi connectivity index (χ4n) is 3.11. The van der Waals surface area contributed by atoms with Crippen LogP contribution in [0, 0.1) is 0 Å². The van der Waals surface area contributed by atoms with Crippen molar-refractivity contribution in [1.29, 1.82) is 0 Å². The fraction of sp³-hybridized carbons (Fsp3) is 0.400. The summed E-state index contributed by atoms with van der Waals surface area (Å²) in [7, 11) is 1.36. The van der Waals surface area contributed by atoms with Gasteiger partial charge in [0, 0.05) is 30.9 Å². The molecule has 0 aliphatic heterocycles. The first-order valence-electron chi connectivity index (χ1n) is 9.76. The van der Waals surface area contributed by atoms with Crippen LogP contribution < -0.4 is 10.6 Å². The predicted molar refractivity (Wildman–Crippen MR) is 112 cm³/mol. The van der Waals surface area contributed by atoms with E-state index in [0.29, 0.717) is 10.9 Å². The molecule has 2 atom stereocenters. The fourth-order valence-corrected chi connectivity index (χ4v) is 3.11. The molecule has 1 heterocycles. The highest BCUT2D eigenvalue weighted by molar-refractivity contribution is 6.04. The maximum Gasteiger partial charge on any atom is 0.357 e. The summed E-state index contributed by atoms with van der Waals surface area (Å²) in [6, 6.07) is 4.53. The molecule has 12 heteroatoms. The van der Waals surface area contributed by atoms with E-state index < -0.39 is 41.9 Å². The standard InChI is InChI=1S/C20H25N5O7/c1-11(8-15(26)21-12(2)9-17(28)29)22-16(27)10-24(3)20(32)25-14-7-5-4-6-13(14)18(23-25)19(30)31/h4-7,11-12H,8-10H2,1-3H3,(H,21,26)(H,22,27)(H,28,29)(H,30,31)/t11-,12-/m0/s1. The highest BCUT2D eigenvalue weighted by Gasteiger charge is 2.23. The second kappa shape index (κ2) is 10.4. The SMILES string of the molecule is C[C@@H](CC(=O)O)NC(=O)C[C@H](C)NC(=O)CN(C)C(=O)n1nc(C(=O)O)c2ccccc21. The van der Waals surface area contributed by atoms with E-state index in [1.165, 1.54) is 13.1 Å². The van der Waals surface area contributed by atoms with Crippen LogP contribution in [-0.2, 0) is 14.4 Å². The zero-order chi connectivity index (χ0) is 24.0. The van der Waals surface area contributed by atoms with Crippen LogP contribution in [0.5, 0.6) is 0 Å². The monoisotopic (exact) mass is 447 g/mol. The normalized spacial score (nSPS) is 12.6. The molecular weight excluding hydrogens is 422 g/mol. The van der Waals surface area contributed by atoms with Crippen molar-refractivity contribution in [3.05, 3.63) is 30.0 Å². The number of carboxylic acid groups (broad SMARTS) is 2. The summed E-state index contributed by atoms with van der Waals surface area (Å²) in [5, 5.41) is 27.3. The van der Waals surface area contributed by atoms with Crippen molar-refractivity contribution in [2.45, 2.75) is 38.8 Å². The molecule has 0 unspecified atom stereocenters. The molecule has 0 saturated heterocycles. The van der Waals surface area contributed by atoms with Gasteiger partial charge in [-0.05, 0) is 19.9 Å². The Morgan fingerprint density at radius 2 is 1.59 bits per heavy atom. The van der Waals surface area contributed by atoms with Crippen LogP contribution >= 0.6 is 0 Å². The molecule has 0 saturated carbocycles. The lowest BCUT2D eigenvalue weighted by molar-refractivity contribution is -0.137. The predicted octanol–water partition coefficient (Wildman–Crippen LogP) is 0.509. The van der Waals surface area contributed by atoms with Gasteiger partial charge in [0.2, 0.25) is 11.8 Å². The number of aliphatic carboxylic acids is 1. The molecule has 0 fully saturated rings. The van der Waals surface area contributed by atoms with Crippen LogP contribution in [0.15, 0.2) is 24.3 Å². The number of nitrogens with one attached hydrogen (secondary N) is 2. The molecule has 1 aromatic carbocycles. The minimum Gasteiger partial charge on any atom is -0.481 e. The number of aromatic carboxylic acids is 1. The Hall–Kier alpha value is -3.96. The van der Waals surface area contributed by atoms with Crippen molar-refractivity contribution in [2.75, 3.05) is 13.6 Å². The third-order valence-corrected chi connectivity index (χ3v) is 4.47. The Bertz CT molecular complexity index is 1050. The smallest absolute Gasteiger partial charge is 0.357 e. The summed E-state index contributed by atoms with van der Waals surface area (Å²) in [6.45, 7) is 2.81. The third-order valence-electron chi connectivity index (χ3n) is 4.47. The van der Waals surface area contributed by atoms with E-state index in [4.69, 9.17) is 5.11 Å². The highest BCUT2D eigenvalue weighted by atomic mass is 16.4. The topological polar surface area (TPSA) is 171 Å². The number of amides is 3. The third kappa shape index (κ3) is 6.27. The van der Waals surface area contributed by atoms with Crippen LogP contribution in [0.4, 0.5) is 4.79 Å². The number of fused-ring (bicyclic) bond motifs is 1. The maximum absolute atomic E-state index is 12.7. The van der Waals surface area contributed by atoms with E-state index in [2.05, 4.69) is 15.7 Å². The van der Waals surface area contributed by atoms with E-state index in [1.807, 2.05) is 0 Å². The second-order valence-electron chi connectivity index (χ2n) is 7.46. The Labute approximate surface area is 183 Å². The molecule has 0 bridgehead atoms. The number of aromatic nitrogens is 2. The number of hydrogen-bond acceptors (Lipinski definition) is 6. The summed E-state index contributed by atoms with van der Waals surface area (Å²) in [4.78, 5) is 60.1. The van der Waals surface area contributed by atoms with Crippen LogP contribution in [0.2, 0.25) is 0 Å². The van der Waals surface area contributed by atoms with Crippen LogP contribution in [0.1, 0.15) is 37.2 Å². The molecule has 3 amide bonds. The van der Waals surface area contributed by atoms with Crippen LogP contribution in [0.25, 0.3) is 10.9 Å². The van der Waals surface area contributed by atoms with E-state index in [0.717, 1.165) is 9.58 Å². The number of hydrogen-bond donors (Lipinski definition) is 4. The number of carboxylic acids is 2. The number of nitrogens with zero attached hydrogens (tertiary/aromatic N) is 3. The second-order valence-corrected chi connectivity index (χ2v) is 7.46. The molecule has 0 spiro atoms. The molecule has 0 aliphatic rings. The Morgan fingerprint density at radius 3 is 2.22 bits per heavy atom. The van der Waals surface area contributed by atoms with E-state index in [-0.39, 0.29) is 25.1 Å². The van der Waals surface area contributed by atoms with Crippen LogP contribution in [0.3, 0.4) is 0 Å². The zero-order valence-corrected chi connectivity index (χ0v) is 17.9. The van der Waals surface area contributed by atoms with Gasteiger partial charge in [-0.1, -0.05) is 18.2 Å². The summed E-state index contributed by atoms with van der Waals surface area (Å²) in [6.07, 6.45) is -0.287. The van der Waals surface area contributed by atoms with Crippen molar-refractivity contribution >= 4 is 40.7 Å². The summed E-state index contributed by atoms with van der Waals surface area (Å²) in [5.74, 6) is -3.26. The summed E-state index contributed by atoms with van der Waals surface area (Å²) < 4.78 is 0.923. The maximum atomic E-state index is 12.7. The lowest BCUT2D eigenvalue weighted by Crippen LogP contribution is -2.45. The average molecular weight is 447 g/mol. The number of rotatable bonds is 9. The van der Waals surface area contributed by atoms with Gasteiger partial charge in [-0.25, -0.2) is 9.59 Å². The molecule has 2 aromatic rings. The van der Waals surface area contributed by atoms with Gasteiger partial charge in [-0.15, -0.1) is 0 Å². The molecule has 0 aliphatic carbocycles. The molecule has 2 rings (SSSR count). The van der Waals surface area contributed by atoms with Crippen LogP contribution in [-0.4, -0.2) is 80.4 Å². The lowest BCUT2D eigenvalue weighted by Gasteiger charge is -2.20. The zero-order valence-electron chi connectivity index (χ0n) is 17.9. The first kappa shape index (κ1) is 24.3. The molecule has 1 aromatic heterocycles. The van der Waals surface area contributed by atoms with E-state index in [1.54, 1.807) is 32.0 Å². The van der Waals surface area contributed by atoms with Gasteiger partial charge in [0.1, 0.15) is 6.54 Å². The van der Waals surface area contributed by atoms with Crippen molar-refractivity contribution in [1.82, 2.24) is 25.3 Å². The molecule has 172 valence electrons. The Morgan fingerprint density at radius 1 is 1.00 bits per heavy atom. The quantitative estimate of drug-likeness (QED) is 0.430. The summed E-state index contributed by atoms with van der Waals surface area (Å²) in [5.41, 5.74) is 0.0197. The molecule has 32 heavy (non-hydrogen) atoms. The van der Waals surface area contributed by atoms with E-state index >= 15 is 0 Å². The molecule has 4 N–H and O–H groups in total. The molecule has 0 radical (unpaired) electrons. The first-order chi connectivity index (χ1) is 15.0. The van der Waals surface area contributed by atoms with Gasteiger partial charge < -0.3 is 25.7 Å². The van der Waals surface area contributed by atoms with Gasteiger partial charge in [0.15, 0.2) is 5.69 Å². The number of carbonyl (C=O) groups is 5. The van der Waals surface area contributed by atoms with Gasteiger partial charge in [-0.2, -0.15) is 9.78 Å². The molecule has 12 nitrogen and oxygen atoms in total. The largest absolute Gasteiger partial charge is 0.481 e. The Kier molecular flexibility index (Phi) is 7.88. The highest BCUT2D eigenvalue weighted by Crippen LogP contribution is 2.18. The van der Waals surface area contributed by atoms with Gasteiger partial charge in [0.05, 0.1) is 11.9 Å². The minimum absolute atomic E-state index is 0.0703. The first-order valence-corrected chi connectivity index (χ1v) is 9.76. The number of carbonyl (C=O) groups excluding carboxylic acids is 3. The van der Waals surface area contributed by atoms with Gasteiger partial charge in [-0.3, -0.25) is 14.4 Å². The van der Waals surface area contributed by atoms with Gasteiger partial charge >= 0.3 is 18.0 Å². The molecular formula is C20H25N5O7. The van der Waals surface area contributed by atoms with Crippen molar-refractivity contribution in [3.63, 3.8) is 0 Å². The van der Waals surface area contributed by atoms with E-state index in [9.17, 15) is 29.1 Å². The van der Waals surface area contributed by atoms with Crippen molar-refractivity contribution in [2.24, 2.45) is 0 Å².